The van der Waals surface area contributed by atoms with E-state index in [1.54, 1.807) is 0 Å². The van der Waals surface area contributed by atoms with Crippen molar-refractivity contribution >= 4 is 10.0 Å². The van der Waals surface area contributed by atoms with Gasteiger partial charge in [0, 0.05) is 12.6 Å². The number of sulfonamides is 1. The van der Waals surface area contributed by atoms with Crippen molar-refractivity contribution in [1.82, 2.24) is 10.0 Å². The Morgan fingerprint density at radius 1 is 1.00 bits per heavy atom. The molecule has 5 heteroatoms. The van der Waals surface area contributed by atoms with Gasteiger partial charge in [-0.25, -0.2) is 13.1 Å². The molecule has 2 N–H and O–H groups in total. The number of hydrogen-bond acceptors (Lipinski definition) is 3. The van der Waals surface area contributed by atoms with E-state index in [0.717, 1.165) is 37.8 Å². The fraction of sp³-hybridized carbons (Fsp3) is 1.00. The fourth-order valence-electron chi connectivity index (χ4n) is 1.91. The quantitative estimate of drug-likeness (QED) is 0.581. The molecule has 17 heavy (non-hydrogen) atoms. The van der Waals surface area contributed by atoms with Gasteiger partial charge in [-0.15, -0.1) is 0 Å². The lowest BCUT2D eigenvalue weighted by Crippen LogP contribution is -2.28. The van der Waals surface area contributed by atoms with Gasteiger partial charge in [0.25, 0.3) is 0 Å². The smallest absolute Gasteiger partial charge is 0.211 e. The molecule has 2 aliphatic rings. The van der Waals surface area contributed by atoms with Crippen LogP contribution in [0.2, 0.25) is 0 Å². The maximum absolute atomic E-state index is 11.6. The van der Waals surface area contributed by atoms with Gasteiger partial charge in [0.1, 0.15) is 0 Å². The van der Waals surface area contributed by atoms with Gasteiger partial charge in [-0.3, -0.25) is 0 Å². The summed E-state index contributed by atoms with van der Waals surface area (Å²) in [6.45, 7) is 1.59. The Hall–Kier alpha value is -0.130. The van der Waals surface area contributed by atoms with Crippen molar-refractivity contribution in [2.24, 2.45) is 5.92 Å². The first kappa shape index (κ1) is 13.3. The number of unbranched alkanes of at least 4 members (excludes halogenated alkanes) is 1. The first-order chi connectivity index (χ1) is 8.16. The molecule has 2 fully saturated rings. The molecule has 0 spiro atoms. The van der Waals surface area contributed by atoms with E-state index in [2.05, 4.69) is 10.0 Å². The van der Waals surface area contributed by atoms with E-state index in [9.17, 15) is 8.42 Å². The fourth-order valence-corrected chi connectivity index (χ4v) is 3.07. The second-order valence-electron chi connectivity index (χ2n) is 5.38. The predicted molar refractivity (Wildman–Crippen MR) is 69.4 cm³/mol. The van der Waals surface area contributed by atoms with Gasteiger partial charge >= 0.3 is 0 Å². The summed E-state index contributed by atoms with van der Waals surface area (Å²) in [6.07, 6.45) is 7.89. The van der Waals surface area contributed by atoms with E-state index in [-0.39, 0.29) is 5.75 Å². The van der Waals surface area contributed by atoms with Crippen LogP contribution in [0.5, 0.6) is 0 Å². The Bertz CT molecular complexity index is 321. The summed E-state index contributed by atoms with van der Waals surface area (Å²) in [5.74, 6) is 1.07. The van der Waals surface area contributed by atoms with Crippen LogP contribution in [0.4, 0.5) is 0 Å². The van der Waals surface area contributed by atoms with Gasteiger partial charge in [-0.2, -0.15) is 0 Å². The summed E-state index contributed by atoms with van der Waals surface area (Å²) < 4.78 is 25.9. The Morgan fingerprint density at radius 2 is 1.76 bits per heavy atom. The predicted octanol–water partition coefficient (Wildman–Crippen LogP) is 1.24. The van der Waals surface area contributed by atoms with Crippen LogP contribution in [0.3, 0.4) is 0 Å². The molecule has 0 saturated heterocycles. The van der Waals surface area contributed by atoms with Gasteiger partial charge in [0.05, 0.1) is 5.75 Å². The molecule has 0 unspecified atom stereocenters. The highest BCUT2D eigenvalue weighted by Gasteiger charge is 2.21. The van der Waals surface area contributed by atoms with Crippen molar-refractivity contribution in [3.05, 3.63) is 0 Å². The van der Waals surface area contributed by atoms with Crippen LogP contribution in [0.25, 0.3) is 0 Å². The zero-order chi connectivity index (χ0) is 12.1. The maximum atomic E-state index is 11.6. The van der Waals surface area contributed by atoms with Crippen LogP contribution >= 0.6 is 0 Å². The third-order valence-electron chi connectivity index (χ3n) is 3.42. The summed E-state index contributed by atoms with van der Waals surface area (Å²) in [7, 11) is -3.01. The van der Waals surface area contributed by atoms with Crippen molar-refractivity contribution in [1.29, 1.82) is 0 Å². The van der Waals surface area contributed by atoms with Crippen LogP contribution in [0, 0.1) is 5.92 Å². The van der Waals surface area contributed by atoms with Gasteiger partial charge in [0.15, 0.2) is 0 Å². The first-order valence-corrected chi connectivity index (χ1v) is 8.52. The number of nitrogens with one attached hydrogen (secondary N) is 2. The summed E-state index contributed by atoms with van der Waals surface area (Å²) in [5.41, 5.74) is 0. The van der Waals surface area contributed by atoms with Crippen molar-refractivity contribution in [3.63, 3.8) is 0 Å². The Morgan fingerprint density at radius 3 is 2.41 bits per heavy atom. The summed E-state index contributed by atoms with van der Waals surface area (Å²) in [4.78, 5) is 0. The lowest BCUT2D eigenvalue weighted by Gasteiger charge is -2.06. The summed E-state index contributed by atoms with van der Waals surface area (Å²) in [5, 5.41) is 3.39. The van der Waals surface area contributed by atoms with E-state index in [1.807, 2.05) is 0 Å². The van der Waals surface area contributed by atoms with Gasteiger partial charge in [0.2, 0.25) is 10.0 Å². The molecule has 0 aromatic carbocycles. The highest BCUT2D eigenvalue weighted by Crippen LogP contribution is 2.31. The molecular formula is C12H24N2O2S. The van der Waals surface area contributed by atoms with Crippen LogP contribution < -0.4 is 10.0 Å². The van der Waals surface area contributed by atoms with E-state index in [0.29, 0.717) is 6.54 Å². The van der Waals surface area contributed by atoms with Crippen LogP contribution in [0.15, 0.2) is 0 Å². The molecule has 0 aromatic heterocycles. The molecular weight excluding hydrogens is 236 g/mol. The van der Waals surface area contributed by atoms with Gasteiger partial charge in [-0.05, 0) is 44.6 Å². The highest BCUT2D eigenvalue weighted by molar-refractivity contribution is 7.89. The molecule has 4 nitrogen and oxygen atoms in total. The van der Waals surface area contributed by atoms with Crippen LogP contribution in [0.1, 0.15) is 44.9 Å². The Labute approximate surface area is 105 Å². The minimum absolute atomic E-state index is 0.282. The molecule has 2 saturated carbocycles. The summed E-state index contributed by atoms with van der Waals surface area (Å²) >= 11 is 0. The Kier molecular flexibility index (Phi) is 4.82. The number of hydrogen-bond donors (Lipinski definition) is 2. The van der Waals surface area contributed by atoms with Crippen molar-refractivity contribution in [2.45, 2.75) is 51.0 Å². The zero-order valence-electron chi connectivity index (χ0n) is 10.5. The first-order valence-electron chi connectivity index (χ1n) is 6.86. The third-order valence-corrected chi connectivity index (χ3v) is 4.89. The molecule has 0 amide bonds. The molecule has 2 aliphatic carbocycles. The van der Waals surface area contributed by atoms with E-state index in [1.165, 1.54) is 25.7 Å². The van der Waals surface area contributed by atoms with Crippen molar-refractivity contribution in [3.8, 4) is 0 Å². The normalized spacial score (nSPS) is 20.7. The van der Waals surface area contributed by atoms with Crippen LogP contribution in [-0.4, -0.2) is 33.3 Å². The van der Waals surface area contributed by atoms with E-state index >= 15 is 0 Å². The SMILES string of the molecule is O=S(=O)(CCCCNC1CC1)NCCC1CC1. The molecule has 0 aliphatic heterocycles. The molecule has 0 aromatic rings. The van der Waals surface area contributed by atoms with Gasteiger partial charge < -0.3 is 5.32 Å². The molecule has 100 valence electrons. The van der Waals surface area contributed by atoms with E-state index in [4.69, 9.17) is 0 Å². The lowest BCUT2D eigenvalue weighted by atomic mass is 10.3. The minimum atomic E-state index is -3.01. The maximum Gasteiger partial charge on any atom is 0.211 e. The second kappa shape index (κ2) is 6.16. The van der Waals surface area contributed by atoms with Gasteiger partial charge in [-0.1, -0.05) is 12.8 Å². The second-order valence-corrected chi connectivity index (χ2v) is 7.31. The molecule has 2 rings (SSSR count). The number of rotatable bonds is 10. The lowest BCUT2D eigenvalue weighted by molar-refractivity contribution is 0.567. The van der Waals surface area contributed by atoms with Crippen molar-refractivity contribution < 1.29 is 8.42 Å². The molecule has 0 radical (unpaired) electrons. The highest BCUT2D eigenvalue weighted by atomic mass is 32.2. The Balaban J connectivity index is 1.46. The average molecular weight is 260 g/mol. The summed E-state index contributed by atoms with van der Waals surface area (Å²) in [6, 6.07) is 0.725. The third kappa shape index (κ3) is 6.38. The largest absolute Gasteiger partial charge is 0.314 e. The topological polar surface area (TPSA) is 58.2 Å². The molecule has 0 bridgehead atoms. The van der Waals surface area contributed by atoms with Crippen molar-refractivity contribution in [2.75, 3.05) is 18.8 Å². The average Bonchev–Trinajstić information content (AvgIpc) is 3.12. The molecule has 0 atom stereocenters. The van der Waals surface area contributed by atoms with Crippen LogP contribution in [-0.2, 0) is 10.0 Å². The molecule has 0 heterocycles. The monoisotopic (exact) mass is 260 g/mol. The van der Waals surface area contributed by atoms with E-state index < -0.39 is 10.0 Å². The standard InChI is InChI=1S/C12H24N2O2S/c15-17(16,14-9-7-11-3-4-11)10-2-1-8-13-12-5-6-12/h11-14H,1-10H2. The minimum Gasteiger partial charge on any atom is -0.314 e. The zero-order valence-corrected chi connectivity index (χ0v) is 11.3.